The highest BCUT2D eigenvalue weighted by Gasteiger charge is 2.19. The monoisotopic (exact) mass is 437 g/mol. The number of para-hydroxylation sites is 1. The van der Waals surface area contributed by atoms with Crippen molar-refractivity contribution in [2.75, 3.05) is 5.43 Å². The van der Waals surface area contributed by atoms with Gasteiger partial charge in [0.2, 0.25) is 0 Å². The van der Waals surface area contributed by atoms with Crippen molar-refractivity contribution in [2.45, 2.75) is 79.1 Å². The Morgan fingerprint density at radius 1 is 0.781 bits per heavy atom. The molecule has 0 aromatic heterocycles. The van der Waals surface area contributed by atoms with Crippen LogP contribution in [0, 0.1) is 10.1 Å². The van der Waals surface area contributed by atoms with Gasteiger partial charge in [0.05, 0.1) is 10.8 Å². The van der Waals surface area contributed by atoms with Crippen LogP contribution in [0.4, 0.5) is 11.4 Å². The highest BCUT2D eigenvalue weighted by atomic mass is 16.6. The molecule has 0 unspecified atom stereocenters. The Kier molecular flexibility index (Phi) is 8.63. The molecule has 0 atom stereocenters. The number of benzene rings is 2. The first kappa shape index (κ1) is 25.2. The molecule has 0 saturated heterocycles. The zero-order valence-corrected chi connectivity index (χ0v) is 20.4. The van der Waals surface area contributed by atoms with Crippen LogP contribution >= 0.6 is 0 Å². The predicted molar refractivity (Wildman–Crippen MR) is 132 cm³/mol. The summed E-state index contributed by atoms with van der Waals surface area (Å²) >= 11 is 0. The minimum absolute atomic E-state index is 0.211. The number of hydrazone groups is 1. The molecule has 0 saturated carbocycles. The van der Waals surface area contributed by atoms with Gasteiger partial charge in [0, 0.05) is 5.10 Å². The average molecular weight is 438 g/mol. The molecule has 2 rings (SSSR count). The fraction of sp³-hybridized carbons (Fsp3) is 0.480. The maximum Gasteiger partial charge on any atom is 0.511 e. The van der Waals surface area contributed by atoms with Crippen molar-refractivity contribution in [3.63, 3.8) is 0 Å². The van der Waals surface area contributed by atoms with Crippen LogP contribution in [0.5, 0.6) is 0 Å². The first-order valence-corrected chi connectivity index (χ1v) is 11.2. The van der Waals surface area contributed by atoms with Gasteiger partial charge in [-0.05, 0) is 50.8 Å². The Bertz CT molecular complexity index is 955. The molecule has 2 aromatic carbocycles. The summed E-state index contributed by atoms with van der Waals surface area (Å²) in [6.45, 7) is 16.6. The van der Waals surface area contributed by atoms with Crippen LogP contribution in [0.3, 0.4) is 0 Å². The molecule has 0 fully saturated rings. The van der Waals surface area contributed by atoms with E-state index in [1.807, 2.05) is 36.4 Å². The molecule has 7 nitrogen and oxygen atoms in total. The Labute approximate surface area is 191 Å². The van der Waals surface area contributed by atoms with Crippen LogP contribution in [0.15, 0.2) is 51.7 Å². The molecule has 0 aliphatic heterocycles. The molecular weight excluding hydrogens is 402 g/mol. The number of hydrogen-bond acceptors (Lipinski definition) is 5. The number of rotatable bonds is 7. The first-order chi connectivity index (χ1) is 15.0. The molecule has 0 aliphatic rings. The van der Waals surface area contributed by atoms with E-state index in [0.29, 0.717) is 5.69 Å². The molecule has 1 N–H and O–H groups in total. The van der Waals surface area contributed by atoms with E-state index in [2.05, 4.69) is 76.1 Å². The van der Waals surface area contributed by atoms with Crippen molar-refractivity contribution in [1.82, 2.24) is 0 Å². The summed E-state index contributed by atoms with van der Waals surface area (Å²) in [5.74, 6) is 0.315. The number of nitrogens with one attached hydrogen (secondary N) is 1. The second-order valence-electron chi connectivity index (χ2n) is 9.20. The summed E-state index contributed by atoms with van der Waals surface area (Å²) in [5, 5.41) is 24.0. The molecule has 0 heterocycles. The van der Waals surface area contributed by atoms with Crippen molar-refractivity contribution in [3.05, 3.63) is 68.8 Å². The maximum atomic E-state index is 11.7. The molecule has 0 amide bonds. The lowest BCUT2D eigenvalue weighted by Crippen LogP contribution is -2.12. The zero-order chi connectivity index (χ0) is 24.0. The third-order valence-electron chi connectivity index (χ3n) is 5.39. The Hall–Kier alpha value is -3.09. The average Bonchev–Trinajstić information content (AvgIpc) is 2.72. The van der Waals surface area contributed by atoms with E-state index in [4.69, 9.17) is 0 Å². The molecule has 172 valence electrons. The van der Waals surface area contributed by atoms with Crippen LogP contribution in [0.25, 0.3) is 0 Å². The number of azo groups is 1. The Balaban J connectivity index is 2.51. The number of nitro groups is 1. The van der Waals surface area contributed by atoms with Crippen LogP contribution in [0.2, 0.25) is 0 Å². The highest BCUT2D eigenvalue weighted by Crippen LogP contribution is 2.35. The molecule has 0 radical (unpaired) electrons. The zero-order valence-electron chi connectivity index (χ0n) is 20.4. The van der Waals surface area contributed by atoms with Gasteiger partial charge in [-0.3, -0.25) is 0 Å². The van der Waals surface area contributed by atoms with Crippen molar-refractivity contribution < 1.29 is 4.92 Å². The molecule has 2 aromatic rings. The molecular formula is C25H35N5O2. The quantitative estimate of drug-likeness (QED) is 0.157. The van der Waals surface area contributed by atoms with Crippen LogP contribution in [0.1, 0.15) is 101 Å². The third kappa shape index (κ3) is 5.99. The summed E-state index contributed by atoms with van der Waals surface area (Å²) in [7, 11) is 0. The van der Waals surface area contributed by atoms with E-state index < -0.39 is 10.9 Å². The van der Waals surface area contributed by atoms with Crippen molar-refractivity contribution >= 4 is 17.3 Å². The van der Waals surface area contributed by atoms with Gasteiger partial charge in [0.25, 0.3) is 0 Å². The van der Waals surface area contributed by atoms with E-state index in [-0.39, 0.29) is 23.7 Å². The highest BCUT2D eigenvalue weighted by molar-refractivity contribution is 5.74. The lowest BCUT2D eigenvalue weighted by atomic mass is 9.93. The lowest BCUT2D eigenvalue weighted by Gasteiger charge is -2.17. The second-order valence-corrected chi connectivity index (χ2v) is 9.20. The lowest BCUT2D eigenvalue weighted by molar-refractivity contribution is -0.352. The van der Waals surface area contributed by atoms with E-state index in [9.17, 15) is 10.1 Å². The molecule has 7 heteroatoms. The molecule has 0 bridgehead atoms. The SMILES string of the molecule is CC(C)c1cccc(C(C)C)c1N=N/C(=N\Nc1c(C(C)C)cccc1C(C)C)[N+](=O)[O-]. The minimum Gasteiger partial charge on any atom is -0.390 e. The minimum atomic E-state index is -0.615. The van der Waals surface area contributed by atoms with Gasteiger partial charge in [-0.2, -0.15) is 0 Å². The molecule has 32 heavy (non-hydrogen) atoms. The summed E-state index contributed by atoms with van der Waals surface area (Å²) in [5.41, 5.74) is 8.50. The first-order valence-electron chi connectivity index (χ1n) is 11.2. The second kappa shape index (κ2) is 11.0. The fourth-order valence-corrected chi connectivity index (χ4v) is 3.61. The van der Waals surface area contributed by atoms with Crippen LogP contribution in [-0.4, -0.2) is 10.9 Å². The Morgan fingerprint density at radius 3 is 1.56 bits per heavy atom. The molecule has 0 spiro atoms. The van der Waals surface area contributed by atoms with Crippen molar-refractivity contribution in [2.24, 2.45) is 15.3 Å². The van der Waals surface area contributed by atoms with E-state index >= 15 is 0 Å². The summed E-state index contributed by atoms with van der Waals surface area (Å²) in [6.07, 6.45) is 0. The summed E-state index contributed by atoms with van der Waals surface area (Å²) in [4.78, 5) is 11.1. The van der Waals surface area contributed by atoms with Crippen molar-refractivity contribution in [3.8, 4) is 0 Å². The largest absolute Gasteiger partial charge is 0.511 e. The van der Waals surface area contributed by atoms with E-state index in [1.165, 1.54) is 0 Å². The standard InChI is InChI=1S/C25H35N5O2/c1-15(2)19-11-9-12-20(16(3)4)23(19)26-28-25(30(31)32)29-27-24-21(17(5)6)13-10-14-22(24)18(7)8/h9-18,26H,1-8H3/b28-25+,29-27?. The summed E-state index contributed by atoms with van der Waals surface area (Å²) in [6, 6.07) is 12.0. The summed E-state index contributed by atoms with van der Waals surface area (Å²) < 4.78 is 0. The van der Waals surface area contributed by atoms with Gasteiger partial charge in [0.15, 0.2) is 0 Å². The molecule has 0 aliphatic carbocycles. The van der Waals surface area contributed by atoms with E-state index in [1.54, 1.807) is 0 Å². The van der Waals surface area contributed by atoms with Gasteiger partial charge in [0.1, 0.15) is 5.69 Å². The number of anilines is 1. The smallest absolute Gasteiger partial charge is 0.390 e. The predicted octanol–water partition coefficient (Wildman–Crippen LogP) is 7.92. The number of nitrogens with zero attached hydrogens (tertiary/aromatic N) is 4. The van der Waals surface area contributed by atoms with Crippen LogP contribution < -0.4 is 5.43 Å². The normalized spacial score (nSPS) is 12.6. The van der Waals surface area contributed by atoms with Gasteiger partial charge in [-0.25, -0.2) is 5.43 Å². The number of hydrogen-bond donors (Lipinski definition) is 1. The topological polar surface area (TPSA) is 92.2 Å². The van der Waals surface area contributed by atoms with E-state index in [0.717, 1.165) is 27.9 Å². The van der Waals surface area contributed by atoms with Gasteiger partial charge < -0.3 is 10.1 Å². The number of guanidine groups is 1. The Morgan fingerprint density at radius 2 is 1.19 bits per heavy atom. The maximum absolute atomic E-state index is 11.7. The van der Waals surface area contributed by atoms with Crippen molar-refractivity contribution in [1.29, 1.82) is 0 Å². The fourth-order valence-electron chi connectivity index (χ4n) is 3.61. The van der Waals surface area contributed by atoms with Gasteiger partial charge >= 0.3 is 5.96 Å². The van der Waals surface area contributed by atoms with Gasteiger partial charge in [-0.15, -0.1) is 0 Å². The van der Waals surface area contributed by atoms with Gasteiger partial charge in [-0.1, -0.05) is 96.9 Å². The third-order valence-corrected chi connectivity index (χ3v) is 5.39. The van der Waals surface area contributed by atoms with Crippen LogP contribution in [-0.2, 0) is 0 Å².